The van der Waals surface area contributed by atoms with Crippen molar-refractivity contribution in [2.24, 2.45) is 0 Å². The smallest absolute Gasteiger partial charge is 0.149 e. The van der Waals surface area contributed by atoms with Gasteiger partial charge in [-0.05, 0) is 41.6 Å². The van der Waals surface area contributed by atoms with Crippen molar-refractivity contribution in [2.75, 3.05) is 11.9 Å². The third-order valence-corrected chi connectivity index (χ3v) is 3.15. The molecule has 4 heteroatoms. The maximum Gasteiger partial charge on any atom is 0.149 e. The van der Waals surface area contributed by atoms with E-state index in [2.05, 4.69) is 68.6 Å². The fraction of sp³-hybridized carbons (Fsp3) is 0.167. The summed E-state index contributed by atoms with van der Waals surface area (Å²) in [5.41, 5.74) is 2.39. The lowest BCUT2D eigenvalue weighted by molar-refractivity contribution is 1.06. The zero-order valence-electron chi connectivity index (χ0n) is 9.18. The zero-order valence-corrected chi connectivity index (χ0v) is 11.3. The summed E-state index contributed by atoms with van der Waals surface area (Å²) in [7, 11) is 2.01. The first-order valence-corrected chi connectivity index (χ1v) is 6.02. The van der Waals surface area contributed by atoms with Gasteiger partial charge in [-0.3, -0.25) is 0 Å². The Balaban J connectivity index is 2.35. The molecule has 2 rings (SSSR count). The maximum absolute atomic E-state index is 4.28. The molecule has 0 aliphatic heterocycles. The van der Waals surface area contributed by atoms with Gasteiger partial charge in [-0.2, -0.15) is 0 Å². The predicted octanol–water partition coefficient (Wildman–Crippen LogP) is 3.16. The van der Waals surface area contributed by atoms with Crippen molar-refractivity contribution in [3.63, 3.8) is 0 Å². The lowest BCUT2D eigenvalue weighted by atomic mass is 10.2. The van der Waals surface area contributed by atoms with Gasteiger partial charge < -0.3 is 4.90 Å². The van der Waals surface area contributed by atoms with Crippen LogP contribution in [-0.4, -0.2) is 17.0 Å². The summed E-state index contributed by atoms with van der Waals surface area (Å²) in [4.78, 5) is 10.3. The van der Waals surface area contributed by atoms with Crippen molar-refractivity contribution >= 4 is 34.1 Å². The predicted molar refractivity (Wildman–Crippen MR) is 74.0 cm³/mol. The highest BCUT2D eigenvalue weighted by atomic mass is 127. The van der Waals surface area contributed by atoms with E-state index in [-0.39, 0.29) is 0 Å². The van der Waals surface area contributed by atoms with Gasteiger partial charge in [0.2, 0.25) is 0 Å². The fourth-order valence-corrected chi connectivity index (χ4v) is 2.11. The highest BCUT2D eigenvalue weighted by molar-refractivity contribution is 14.1. The van der Waals surface area contributed by atoms with Crippen LogP contribution in [0.5, 0.6) is 0 Å². The van der Waals surface area contributed by atoms with Crippen molar-refractivity contribution in [2.45, 2.75) is 6.92 Å². The molecule has 0 spiro atoms. The molecule has 0 aliphatic carbocycles. The first-order chi connectivity index (χ1) is 7.68. The minimum Gasteiger partial charge on any atom is -0.329 e. The minimum atomic E-state index is 0.930. The SMILES string of the molecule is Cc1ccc(N(C)c2ncncc2I)cc1. The number of halogens is 1. The number of rotatable bonds is 2. The van der Waals surface area contributed by atoms with E-state index in [0.29, 0.717) is 0 Å². The molecular formula is C12H12IN3. The Kier molecular flexibility index (Phi) is 3.38. The quantitative estimate of drug-likeness (QED) is 0.794. The molecule has 0 bridgehead atoms. The second-order valence-corrected chi connectivity index (χ2v) is 4.75. The Morgan fingerprint density at radius 3 is 2.50 bits per heavy atom. The van der Waals surface area contributed by atoms with Crippen molar-refractivity contribution in [3.8, 4) is 0 Å². The van der Waals surface area contributed by atoms with E-state index < -0.39 is 0 Å². The first-order valence-electron chi connectivity index (χ1n) is 4.94. The number of hydrogen-bond donors (Lipinski definition) is 0. The van der Waals surface area contributed by atoms with Crippen LogP contribution in [0.4, 0.5) is 11.5 Å². The number of benzene rings is 1. The standard InChI is InChI=1S/C12H12IN3/c1-9-3-5-10(6-4-9)16(2)12-11(13)7-14-8-15-12/h3-8H,1-2H3. The van der Waals surface area contributed by atoms with Crippen molar-refractivity contribution in [1.29, 1.82) is 0 Å². The van der Waals surface area contributed by atoms with Crippen LogP contribution < -0.4 is 4.90 Å². The molecule has 0 N–H and O–H groups in total. The van der Waals surface area contributed by atoms with E-state index in [0.717, 1.165) is 15.1 Å². The van der Waals surface area contributed by atoms with Crippen LogP contribution in [0.25, 0.3) is 0 Å². The Labute approximate surface area is 109 Å². The molecule has 0 fully saturated rings. The van der Waals surface area contributed by atoms with E-state index in [1.807, 2.05) is 13.2 Å². The Hall–Kier alpha value is -1.17. The average Bonchev–Trinajstić information content (AvgIpc) is 2.30. The molecule has 82 valence electrons. The summed E-state index contributed by atoms with van der Waals surface area (Å²) in [5, 5.41) is 0. The van der Waals surface area contributed by atoms with Crippen molar-refractivity contribution in [3.05, 3.63) is 45.9 Å². The fourth-order valence-electron chi connectivity index (χ4n) is 1.44. The molecule has 0 unspecified atom stereocenters. The minimum absolute atomic E-state index is 0.930. The first kappa shape index (κ1) is 11.3. The van der Waals surface area contributed by atoms with Gasteiger partial charge in [-0.25, -0.2) is 9.97 Å². The van der Waals surface area contributed by atoms with Crippen LogP contribution in [0.1, 0.15) is 5.56 Å². The van der Waals surface area contributed by atoms with E-state index in [1.165, 1.54) is 5.56 Å². The van der Waals surface area contributed by atoms with Crippen LogP contribution in [0, 0.1) is 10.5 Å². The van der Waals surface area contributed by atoms with Crippen molar-refractivity contribution < 1.29 is 0 Å². The van der Waals surface area contributed by atoms with E-state index in [1.54, 1.807) is 6.33 Å². The molecule has 3 nitrogen and oxygen atoms in total. The molecule has 16 heavy (non-hydrogen) atoms. The van der Waals surface area contributed by atoms with E-state index >= 15 is 0 Å². The van der Waals surface area contributed by atoms with Gasteiger partial charge in [0.05, 0.1) is 3.57 Å². The van der Waals surface area contributed by atoms with Gasteiger partial charge in [0, 0.05) is 18.9 Å². The van der Waals surface area contributed by atoms with Crippen LogP contribution in [-0.2, 0) is 0 Å². The van der Waals surface area contributed by atoms with Crippen molar-refractivity contribution in [1.82, 2.24) is 9.97 Å². The largest absolute Gasteiger partial charge is 0.329 e. The monoisotopic (exact) mass is 325 g/mol. The summed E-state index contributed by atoms with van der Waals surface area (Å²) >= 11 is 2.24. The van der Waals surface area contributed by atoms with Crippen LogP contribution in [0.2, 0.25) is 0 Å². The van der Waals surface area contributed by atoms with Crippen LogP contribution in [0.3, 0.4) is 0 Å². The topological polar surface area (TPSA) is 29.0 Å². The molecule has 0 radical (unpaired) electrons. The lowest BCUT2D eigenvalue weighted by Crippen LogP contribution is -2.12. The molecule has 1 aromatic carbocycles. The average molecular weight is 325 g/mol. The van der Waals surface area contributed by atoms with E-state index in [9.17, 15) is 0 Å². The summed E-state index contributed by atoms with van der Waals surface area (Å²) in [5.74, 6) is 0.930. The van der Waals surface area contributed by atoms with Gasteiger partial charge in [0.15, 0.2) is 0 Å². The Bertz CT molecular complexity index is 482. The summed E-state index contributed by atoms with van der Waals surface area (Å²) in [6, 6.07) is 8.38. The van der Waals surface area contributed by atoms with Crippen LogP contribution >= 0.6 is 22.6 Å². The van der Waals surface area contributed by atoms with Gasteiger partial charge >= 0.3 is 0 Å². The van der Waals surface area contributed by atoms with Gasteiger partial charge in [-0.15, -0.1) is 0 Å². The lowest BCUT2D eigenvalue weighted by Gasteiger charge is -2.19. The van der Waals surface area contributed by atoms with Gasteiger partial charge in [0.25, 0.3) is 0 Å². The third-order valence-electron chi connectivity index (χ3n) is 2.39. The summed E-state index contributed by atoms with van der Waals surface area (Å²) < 4.78 is 1.04. The Morgan fingerprint density at radius 1 is 1.19 bits per heavy atom. The molecule has 0 atom stereocenters. The van der Waals surface area contributed by atoms with Crippen LogP contribution in [0.15, 0.2) is 36.8 Å². The third kappa shape index (κ3) is 2.32. The Morgan fingerprint density at radius 2 is 1.88 bits per heavy atom. The number of aryl methyl sites for hydroxylation is 1. The molecule has 0 saturated carbocycles. The number of anilines is 2. The summed E-state index contributed by atoms with van der Waals surface area (Å²) in [6.45, 7) is 2.08. The van der Waals surface area contributed by atoms with Gasteiger partial charge in [0.1, 0.15) is 12.1 Å². The molecule has 1 heterocycles. The number of hydrogen-bond acceptors (Lipinski definition) is 3. The van der Waals surface area contributed by atoms with Gasteiger partial charge in [-0.1, -0.05) is 17.7 Å². The van der Waals surface area contributed by atoms with E-state index in [4.69, 9.17) is 0 Å². The second-order valence-electron chi connectivity index (χ2n) is 3.59. The molecule has 0 aliphatic rings. The highest BCUT2D eigenvalue weighted by Gasteiger charge is 2.08. The normalized spacial score (nSPS) is 10.2. The molecule has 0 saturated heterocycles. The molecule has 2 aromatic rings. The molecule has 1 aromatic heterocycles. The number of aromatic nitrogens is 2. The molecule has 0 amide bonds. The molecular weight excluding hydrogens is 313 g/mol. The second kappa shape index (κ2) is 4.78. The number of nitrogens with zero attached hydrogens (tertiary/aromatic N) is 3. The maximum atomic E-state index is 4.28. The zero-order chi connectivity index (χ0) is 11.5. The highest BCUT2D eigenvalue weighted by Crippen LogP contribution is 2.25. The summed E-state index contributed by atoms with van der Waals surface area (Å²) in [6.07, 6.45) is 3.38.